The number of aromatic amines is 1. The first-order valence-corrected chi connectivity index (χ1v) is 12.1. The number of carbonyl (C=O) groups is 1. The Hall–Kier alpha value is -4.18. The Balaban J connectivity index is 1.37. The molecule has 2 aromatic carbocycles. The number of hydrogen-bond acceptors (Lipinski definition) is 6. The first kappa shape index (κ1) is 22.6. The van der Waals surface area contributed by atoms with E-state index < -0.39 is 5.69 Å². The third-order valence-electron chi connectivity index (χ3n) is 5.96. The first-order valence-electron chi connectivity index (χ1n) is 11.2. The number of tetrazole rings is 1. The maximum absolute atomic E-state index is 12.8. The summed E-state index contributed by atoms with van der Waals surface area (Å²) in [4.78, 5) is 30.8. The van der Waals surface area contributed by atoms with Crippen molar-refractivity contribution in [2.45, 2.75) is 12.5 Å². The van der Waals surface area contributed by atoms with E-state index in [1.807, 2.05) is 54.8 Å². The second-order valence-corrected chi connectivity index (χ2v) is 9.34. The number of H-pyrrole nitrogens is 1. The molecule has 0 radical (unpaired) electrons. The van der Waals surface area contributed by atoms with Gasteiger partial charge in [0.15, 0.2) is 0 Å². The lowest BCUT2D eigenvalue weighted by molar-refractivity contribution is -0.121. The molecule has 1 unspecified atom stereocenters. The Kier molecular flexibility index (Phi) is 6.19. The van der Waals surface area contributed by atoms with Crippen LogP contribution in [0, 0.1) is 0 Å². The van der Waals surface area contributed by atoms with Gasteiger partial charge in [0, 0.05) is 49.3 Å². The molecule has 2 N–H and O–H groups in total. The predicted octanol–water partition coefficient (Wildman–Crippen LogP) is 2.99. The predicted molar refractivity (Wildman–Crippen MR) is 137 cm³/mol. The van der Waals surface area contributed by atoms with E-state index in [1.165, 1.54) is 16.0 Å². The van der Waals surface area contributed by atoms with Gasteiger partial charge in [-0.05, 0) is 57.3 Å². The van der Waals surface area contributed by atoms with Gasteiger partial charge in [0.25, 0.3) is 0 Å². The van der Waals surface area contributed by atoms with Crippen LogP contribution in [0.5, 0.6) is 0 Å². The molecule has 0 aliphatic rings. The van der Waals surface area contributed by atoms with Crippen molar-refractivity contribution >= 4 is 33.8 Å². The van der Waals surface area contributed by atoms with Crippen LogP contribution in [0.3, 0.4) is 0 Å². The van der Waals surface area contributed by atoms with Crippen LogP contribution in [0.15, 0.2) is 77.0 Å². The molecule has 3 aromatic heterocycles. The second-order valence-electron chi connectivity index (χ2n) is 8.41. The fraction of sp³-hybridized carbons (Fsp3) is 0.200. The molecule has 0 fully saturated rings. The van der Waals surface area contributed by atoms with Crippen LogP contribution in [0.1, 0.15) is 17.0 Å². The van der Waals surface area contributed by atoms with Gasteiger partial charge in [-0.2, -0.15) is 9.36 Å². The van der Waals surface area contributed by atoms with Crippen molar-refractivity contribution < 1.29 is 4.79 Å². The molecule has 0 aliphatic heterocycles. The summed E-state index contributed by atoms with van der Waals surface area (Å²) in [7, 11) is 4.01. The molecule has 1 amide bonds. The van der Waals surface area contributed by atoms with Crippen LogP contribution in [0.2, 0.25) is 0 Å². The number of nitrogens with one attached hydrogen (secondary N) is 2. The van der Waals surface area contributed by atoms with Gasteiger partial charge in [-0.3, -0.25) is 4.79 Å². The molecule has 178 valence electrons. The highest BCUT2D eigenvalue weighted by Gasteiger charge is 2.20. The lowest BCUT2D eigenvalue weighted by Gasteiger charge is -2.20. The van der Waals surface area contributed by atoms with Crippen molar-refractivity contribution in [1.29, 1.82) is 0 Å². The van der Waals surface area contributed by atoms with E-state index >= 15 is 0 Å². The third kappa shape index (κ3) is 4.60. The highest BCUT2D eigenvalue weighted by molar-refractivity contribution is 7.12. The molecule has 5 aromatic rings. The molecule has 9 nitrogen and oxygen atoms in total. The van der Waals surface area contributed by atoms with Crippen LogP contribution in [-0.4, -0.2) is 51.3 Å². The van der Waals surface area contributed by atoms with Crippen molar-refractivity contribution in [3.8, 4) is 5.00 Å². The second kappa shape index (κ2) is 9.59. The van der Waals surface area contributed by atoms with Gasteiger partial charge in [-0.25, -0.2) is 4.79 Å². The number of aromatic nitrogens is 5. The van der Waals surface area contributed by atoms with Gasteiger partial charge in [-0.1, -0.05) is 30.3 Å². The number of carbonyl (C=O) groups excluding carboxylic acids is 1. The van der Waals surface area contributed by atoms with Gasteiger partial charge in [-0.15, -0.1) is 11.3 Å². The van der Waals surface area contributed by atoms with Gasteiger partial charge in [0.1, 0.15) is 11.5 Å². The number of anilines is 1. The summed E-state index contributed by atoms with van der Waals surface area (Å²) in [5.41, 5.74) is 3.87. The number of para-hydroxylation sites is 1. The normalized spacial score (nSPS) is 12.1. The number of nitrogens with zero attached hydrogens (tertiary/aromatic N) is 5. The Labute approximate surface area is 205 Å². The molecule has 0 bridgehead atoms. The molecule has 5 rings (SSSR count). The molecule has 35 heavy (non-hydrogen) atoms. The van der Waals surface area contributed by atoms with E-state index in [9.17, 15) is 9.59 Å². The van der Waals surface area contributed by atoms with Crippen LogP contribution in [0.25, 0.3) is 15.9 Å². The van der Waals surface area contributed by atoms with Crippen LogP contribution in [-0.2, 0) is 11.3 Å². The number of rotatable bonds is 8. The highest BCUT2D eigenvalue weighted by atomic mass is 32.1. The van der Waals surface area contributed by atoms with E-state index in [0.29, 0.717) is 11.5 Å². The zero-order valence-electron chi connectivity index (χ0n) is 19.4. The fourth-order valence-corrected chi connectivity index (χ4v) is 4.77. The van der Waals surface area contributed by atoms with E-state index in [-0.39, 0.29) is 18.4 Å². The van der Waals surface area contributed by atoms with E-state index in [1.54, 1.807) is 6.07 Å². The van der Waals surface area contributed by atoms with Gasteiger partial charge in [0.05, 0.1) is 0 Å². The maximum Gasteiger partial charge on any atom is 0.369 e. The highest BCUT2D eigenvalue weighted by Crippen LogP contribution is 2.31. The smallest absolute Gasteiger partial charge is 0.369 e. The van der Waals surface area contributed by atoms with Gasteiger partial charge in [0.2, 0.25) is 5.91 Å². The first-order chi connectivity index (χ1) is 17.0. The Morgan fingerprint density at radius 2 is 1.89 bits per heavy atom. The van der Waals surface area contributed by atoms with E-state index in [2.05, 4.69) is 51.1 Å². The molecule has 10 heteroatoms. The maximum atomic E-state index is 12.8. The van der Waals surface area contributed by atoms with E-state index in [4.69, 9.17) is 0 Å². The Morgan fingerprint density at radius 3 is 2.63 bits per heavy atom. The minimum atomic E-state index is -0.449. The summed E-state index contributed by atoms with van der Waals surface area (Å²) < 4.78 is 2.26. The molecule has 0 aliphatic carbocycles. The number of amides is 1. The quantitative estimate of drug-likeness (QED) is 0.351. The van der Waals surface area contributed by atoms with Crippen molar-refractivity contribution in [1.82, 2.24) is 30.1 Å². The summed E-state index contributed by atoms with van der Waals surface area (Å²) >= 11 is 1.38. The van der Waals surface area contributed by atoms with Crippen LogP contribution >= 0.6 is 11.3 Å². The van der Waals surface area contributed by atoms with Crippen molar-refractivity contribution in [2.24, 2.45) is 0 Å². The fourth-order valence-electron chi connectivity index (χ4n) is 4.10. The largest absolute Gasteiger partial charge is 0.378 e. The molecular formula is C25H25N7O2S. The summed E-state index contributed by atoms with van der Waals surface area (Å²) in [6, 6.07) is 20.0. The molecular weight excluding hydrogens is 462 g/mol. The number of fused-ring (bicyclic) bond motifs is 1. The number of thiophene rings is 1. The average molecular weight is 488 g/mol. The summed E-state index contributed by atoms with van der Waals surface area (Å²) in [5.74, 6) is -0.384. The van der Waals surface area contributed by atoms with Gasteiger partial charge < -0.3 is 15.2 Å². The molecule has 0 saturated carbocycles. The van der Waals surface area contributed by atoms with Crippen LogP contribution < -0.4 is 15.9 Å². The molecule has 0 saturated heterocycles. The summed E-state index contributed by atoms with van der Waals surface area (Å²) in [6.07, 6.45) is 2.00. The SMILES string of the molecule is CN(C)c1ccc(C(CNC(=O)Cn2nnn(-c3cccs3)c2=O)c2c[nH]c3ccccc23)cc1. The zero-order chi connectivity index (χ0) is 24.4. The minimum Gasteiger partial charge on any atom is -0.378 e. The monoisotopic (exact) mass is 487 g/mol. The zero-order valence-corrected chi connectivity index (χ0v) is 20.2. The molecule has 0 spiro atoms. The van der Waals surface area contributed by atoms with Crippen molar-refractivity contribution in [3.05, 3.63) is 93.9 Å². The van der Waals surface area contributed by atoms with Crippen molar-refractivity contribution in [2.75, 3.05) is 25.5 Å². The Bertz CT molecular complexity index is 1500. The van der Waals surface area contributed by atoms with Crippen LogP contribution in [0.4, 0.5) is 5.69 Å². The number of hydrogen-bond donors (Lipinski definition) is 2. The lowest BCUT2D eigenvalue weighted by atomic mass is 9.90. The van der Waals surface area contributed by atoms with Gasteiger partial charge >= 0.3 is 5.69 Å². The standard InChI is InChI=1S/C25H25N7O2S/c1-30(2)18-11-9-17(10-12-18)20(21-15-26-22-7-4-3-6-19(21)22)14-27-23(33)16-31-25(34)32(29-28-31)24-8-5-13-35-24/h3-13,15,20,26H,14,16H2,1-2H3,(H,27,33). The number of benzene rings is 2. The average Bonchev–Trinajstić information content (AvgIpc) is 3.61. The topological polar surface area (TPSA) is 101 Å². The van der Waals surface area contributed by atoms with E-state index in [0.717, 1.165) is 32.4 Å². The lowest BCUT2D eigenvalue weighted by Crippen LogP contribution is -2.35. The summed E-state index contributed by atoms with van der Waals surface area (Å²) in [6.45, 7) is 0.167. The third-order valence-corrected chi connectivity index (χ3v) is 6.80. The van der Waals surface area contributed by atoms with Crippen molar-refractivity contribution in [3.63, 3.8) is 0 Å². The molecule has 1 atom stereocenters. The Morgan fingerprint density at radius 1 is 1.09 bits per heavy atom. The summed E-state index contributed by atoms with van der Waals surface area (Å²) in [5, 5.41) is 14.4. The molecule has 3 heterocycles. The minimum absolute atomic E-state index is 0.0789.